The molecule has 484 valence electrons. The van der Waals surface area contributed by atoms with E-state index in [0.717, 1.165) is 57.8 Å². The zero-order chi connectivity index (χ0) is 60.3. The zero-order valence-corrected chi connectivity index (χ0v) is 50.2. The number of rotatable bonds is 47. The number of carbonyl (C=O) groups excluding carboxylic acids is 2. The molecule has 1 saturated carbocycles. The number of carbonyl (C=O) groups is 2. The number of aliphatic hydroxyl groups is 11. The first-order valence-corrected chi connectivity index (χ1v) is 32.9. The Kier molecular flexibility index (Phi) is 39.3. The van der Waals surface area contributed by atoms with Crippen molar-refractivity contribution in [1.29, 1.82) is 0 Å². The topological polar surface area (TPSA) is 368 Å². The smallest absolute Gasteiger partial charge is 0.462 e. The lowest BCUT2D eigenvalue weighted by atomic mass is 9.84. The molecule has 0 radical (unpaired) electrons. The Labute approximate surface area is 487 Å². The van der Waals surface area contributed by atoms with Crippen molar-refractivity contribution in [3.63, 3.8) is 0 Å². The highest BCUT2D eigenvalue weighted by atomic mass is 31.2. The van der Waals surface area contributed by atoms with Gasteiger partial charge in [-0.2, -0.15) is 0 Å². The van der Waals surface area contributed by atoms with E-state index in [1.165, 1.54) is 128 Å². The molecule has 2 saturated heterocycles. The molecule has 0 amide bonds. The number of phosphoric acid groups is 1. The number of phosphoric ester groups is 1. The summed E-state index contributed by atoms with van der Waals surface area (Å²) in [6.45, 7) is 1.05. The molecule has 0 aromatic rings. The van der Waals surface area contributed by atoms with Crippen LogP contribution in [0.4, 0.5) is 0 Å². The van der Waals surface area contributed by atoms with E-state index in [4.69, 9.17) is 37.5 Å². The van der Waals surface area contributed by atoms with Gasteiger partial charge >= 0.3 is 19.8 Å². The van der Waals surface area contributed by atoms with Crippen molar-refractivity contribution in [1.82, 2.24) is 0 Å². The minimum Gasteiger partial charge on any atom is -0.462 e. The van der Waals surface area contributed by atoms with Crippen LogP contribution in [-0.2, 0) is 51.6 Å². The molecule has 0 bridgehead atoms. The summed E-state index contributed by atoms with van der Waals surface area (Å²) in [6, 6.07) is 0. The number of aliphatic hydroxyl groups excluding tert-OH is 11. The fraction of sp³-hybridized carbons (Fsp3) is 0.966. The molecule has 16 unspecified atom stereocenters. The zero-order valence-electron chi connectivity index (χ0n) is 49.3. The predicted molar refractivity (Wildman–Crippen MR) is 300 cm³/mol. The first-order valence-electron chi connectivity index (χ1n) is 31.4. The van der Waals surface area contributed by atoms with Gasteiger partial charge in [0.1, 0.15) is 92.1 Å². The van der Waals surface area contributed by atoms with Crippen molar-refractivity contribution in [3.05, 3.63) is 0 Å². The molecule has 16 atom stereocenters. The minimum absolute atomic E-state index is 0.0244. The molecule has 3 aliphatic rings. The fourth-order valence-corrected chi connectivity index (χ4v) is 11.7. The second-order valence-electron chi connectivity index (χ2n) is 23.0. The summed E-state index contributed by atoms with van der Waals surface area (Å²) < 4.78 is 58.2. The average molecular weight is 1210 g/mol. The molecule has 0 aromatic carbocycles. The maximum absolute atomic E-state index is 14.1. The van der Waals surface area contributed by atoms with Crippen LogP contribution in [-0.4, -0.2) is 204 Å². The van der Waals surface area contributed by atoms with E-state index >= 15 is 0 Å². The molecule has 24 heteroatoms. The van der Waals surface area contributed by atoms with E-state index < -0.39 is 150 Å². The molecule has 12 N–H and O–H groups in total. The number of unbranched alkanes of at least 4 members (excludes halogenated alkanes) is 29. The van der Waals surface area contributed by atoms with E-state index in [9.17, 15) is 75.2 Å². The van der Waals surface area contributed by atoms with Crippen molar-refractivity contribution >= 4 is 19.8 Å². The summed E-state index contributed by atoms with van der Waals surface area (Å²) in [6.07, 6.45) is 0.651. The Bertz CT molecular complexity index is 1630. The van der Waals surface area contributed by atoms with Crippen LogP contribution in [0.3, 0.4) is 0 Å². The highest BCUT2D eigenvalue weighted by molar-refractivity contribution is 7.47. The van der Waals surface area contributed by atoms with Gasteiger partial charge in [0.15, 0.2) is 18.7 Å². The summed E-state index contributed by atoms with van der Waals surface area (Å²) in [5, 5.41) is 117. The number of esters is 2. The lowest BCUT2D eigenvalue weighted by Gasteiger charge is -2.49. The second-order valence-corrected chi connectivity index (χ2v) is 24.4. The Hall–Kier alpha value is -1.55. The van der Waals surface area contributed by atoms with Gasteiger partial charge in [-0.05, 0) is 12.8 Å². The first kappa shape index (κ1) is 74.7. The minimum atomic E-state index is -5.63. The molecule has 3 rings (SSSR count). The van der Waals surface area contributed by atoms with E-state index in [1.54, 1.807) is 0 Å². The number of ether oxygens (including phenoxy) is 6. The van der Waals surface area contributed by atoms with E-state index in [-0.39, 0.29) is 12.8 Å². The van der Waals surface area contributed by atoms with Crippen molar-refractivity contribution in [2.24, 2.45) is 0 Å². The molecule has 0 aromatic heterocycles. The van der Waals surface area contributed by atoms with Crippen LogP contribution in [0.25, 0.3) is 0 Å². The quantitative estimate of drug-likeness (QED) is 0.0208. The van der Waals surface area contributed by atoms with Crippen molar-refractivity contribution in [3.8, 4) is 0 Å². The third-order valence-electron chi connectivity index (χ3n) is 15.9. The van der Waals surface area contributed by atoms with Gasteiger partial charge in [0.2, 0.25) is 0 Å². The molecule has 0 spiro atoms. The van der Waals surface area contributed by atoms with Crippen LogP contribution in [0, 0.1) is 0 Å². The van der Waals surface area contributed by atoms with E-state index in [1.807, 2.05) is 0 Å². The van der Waals surface area contributed by atoms with Gasteiger partial charge in [0.05, 0.1) is 19.8 Å². The van der Waals surface area contributed by atoms with Crippen LogP contribution < -0.4 is 0 Å². The molecule has 2 aliphatic heterocycles. The van der Waals surface area contributed by atoms with Crippen LogP contribution in [0.15, 0.2) is 0 Å². The molecular weight excluding hydrogens is 1100 g/mol. The number of hydrogen-bond acceptors (Lipinski definition) is 22. The number of hydrogen-bond donors (Lipinski definition) is 12. The Balaban J connectivity index is 1.67. The summed E-state index contributed by atoms with van der Waals surface area (Å²) in [5.74, 6) is -1.32. The normalized spacial score (nSPS) is 30.7. The van der Waals surface area contributed by atoms with Gasteiger partial charge in [-0.15, -0.1) is 0 Å². The second kappa shape index (κ2) is 43.2. The Morgan fingerprint density at radius 3 is 1.07 bits per heavy atom. The maximum atomic E-state index is 14.1. The van der Waals surface area contributed by atoms with Gasteiger partial charge in [-0.25, -0.2) is 4.57 Å². The van der Waals surface area contributed by atoms with Gasteiger partial charge in [0.25, 0.3) is 0 Å². The molecule has 82 heavy (non-hydrogen) atoms. The Morgan fingerprint density at radius 1 is 0.415 bits per heavy atom. The van der Waals surface area contributed by atoms with Crippen LogP contribution in [0.2, 0.25) is 0 Å². The molecule has 1 aliphatic carbocycles. The Morgan fingerprint density at radius 2 is 0.732 bits per heavy atom. The lowest BCUT2D eigenvalue weighted by molar-refractivity contribution is -0.360. The van der Waals surface area contributed by atoms with Crippen molar-refractivity contribution in [2.45, 2.75) is 330 Å². The van der Waals surface area contributed by atoms with Gasteiger partial charge in [-0.3, -0.25) is 18.6 Å². The largest absolute Gasteiger partial charge is 0.472 e. The summed E-state index contributed by atoms with van der Waals surface area (Å²) in [4.78, 5) is 37.6. The average Bonchev–Trinajstić information content (AvgIpc) is 3.64. The highest BCUT2D eigenvalue weighted by Gasteiger charge is 2.58. The van der Waals surface area contributed by atoms with Crippen LogP contribution >= 0.6 is 7.82 Å². The molecule has 2 heterocycles. The van der Waals surface area contributed by atoms with E-state index in [0.29, 0.717) is 12.8 Å². The van der Waals surface area contributed by atoms with Crippen molar-refractivity contribution in [2.75, 3.05) is 26.4 Å². The molecule has 3 fully saturated rings. The molecular formula is C58H109O23P. The fourth-order valence-electron chi connectivity index (χ4n) is 10.7. The van der Waals surface area contributed by atoms with Gasteiger partial charge < -0.3 is 89.5 Å². The third-order valence-corrected chi connectivity index (χ3v) is 16.9. The standard InChI is InChI=1S/C58H109O23P/c1-3-5-7-9-11-13-15-17-19-21-23-25-27-29-31-33-35-44(62)76-40(38-74-43(61)34-32-30-28-26-24-22-20-18-16-14-12-10-8-6-4-2)39-75-82(72,73)81-56-54(79-57-52(70)47(65)45(63)41(36-59)77-57)50(68)49(67)51(69)55(56)80-58-53(71)48(66)46(64)42(37-60)78-58/h40-42,45-60,63-71H,3-39H2,1-2H3,(H,72,73). The lowest BCUT2D eigenvalue weighted by Crippen LogP contribution is -2.69. The van der Waals surface area contributed by atoms with Crippen LogP contribution in [0.5, 0.6) is 0 Å². The summed E-state index contributed by atoms with van der Waals surface area (Å²) >= 11 is 0. The SMILES string of the molecule is CCCCCCCCCCCCCCCCCCC(=O)OC(COC(=O)CCCCCCCCCCCCCCCCC)COP(=O)(O)OC1C(OC2OC(CO)C(O)C(O)C2O)C(O)C(O)C(O)C1OC1OC(CO)C(O)C(O)C1O. The summed E-state index contributed by atoms with van der Waals surface area (Å²) in [7, 11) is -5.63. The predicted octanol–water partition coefficient (Wildman–Crippen LogP) is 5.32. The highest BCUT2D eigenvalue weighted by Crippen LogP contribution is 2.49. The summed E-state index contributed by atoms with van der Waals surface area (Å²) in [5.41, 5.74) is 0. The third kappa shape index (κ3) is 28.1. The van der Waals surface area contributed by atoms with Gasteiger partial charge in [0, 0.05) is 12.8 Å². The van der Waals surface area contributed by atoms with Gasteiger partial charge in [-0.1, -0.05) is 200 Å². The molecule has 23 nitrogen and oxygen atoms in total. The van der Waals surface area contributed by atoms with E-state index in [2.05, 4.69) is 13.8 Å². The first-order chi connectivity index (χ1) is 39.4. The monoisotopic (exact) mass is 1200 g/mol. The van der Waals surface area contributed by atoms with Crippen LogP contribution in [0.1, 0.15) is 226 Å². The van der Waals surface area contributed by atoms with Crippen molar-refractivity contribution < 1.29 is 113 Å². The maximum Gasteiger partial charge on any atom is 0.472 e.